The molecule has 0 aromatic heterocycles. The van der Waals surface area contributed by atoms with E-state index in [1.807, 2.05) is 4.90 Å². The fraction of sp³-hybridized carbons (Fsp3) is 0.833. The molecule has 3 N–H and O–H groups in total. The zero-order valence-corrected chi connectivity index (χ0v) is 10.2. The monoisotopic (exact) mass is 239 g/mol. The van der Waals surface area contributed by atoms with Crippen LogP contribution in [0.25, 0.3) is 0 Å². The van der Waals surface area contributed by atoms with Gasteiger partial charge in [0.15, 0.2) is 0 Å². The van der Waals surface area contributed by atoms with E-state index in [-0.39, 0.29) is 17.2 Å². The number of hydrogen-bond acceptors (Lipinski definition) is 3. The molecular formula is C12H21N3O2. The summed E-state index contributed by atoms with van der Waals surface area (Å²) in [5.74, 6) is 0.197. The quantitative estimate of drug-likeness (QED) is 0.704. The first-order valence-electron chi connectivity index (χ1n) is 6.44. The number of amides is 2. The third-order valence-electron chi connectivity index (χ3n) is 4.00. The SMILES string of the molecule is NCC1(C(=O)N2CCNC(=O)CC2)CCCC1. The molecule has 96 valence electrons. The first-order chi connectivity index (χ1) is 8.18. The lowest BCUT2D eigenvalue weighted by Gasteiger charge is -2.32. The van der Waals surface area contributed by atoms with Crippen LogP contribution < -0.4 is 11.1 Å². The highest BCUT2D eigenvalue weighted by Crippen LogP contribution is 2.38. The van der Waals surface area contributed by atoms with Crippen molar-refractivity contribution in [3.8, 4) is 0 Å². The molecule has 5 nitrogen and oxygen atoms in total. The van der Waals surface area contributed by atoms with Gasteiger partial charge in [0, 0.05) is 32.6 Å². The summed E-state index contributed by atoms with van der Waals surface area (Å²) in [6, 6.07) is 0. The highest BCUT2D eigenvalue weighted by atomic mass is 16.2. The molecule has 0 aromatic carbocycles. The number of rotatable bonds is 2. The molecule has 5 heteroatoms. The molecule has 17 heavy (non-hydrogen) atoms. The largest absolute Gasteiger partial charge is 0.354 e. The van der Waals surface area contributed by atoms with E-state index in [9.17, 15) is 9.59 Å². The fourth-order valence-electron chi connectivity index (χ4n) is 2.86. The number of nitrogens with one attached hydrogen (secondary N) is 1. The molecule has 0 spiro atoms. The zero-order chi connectivity index (χ0) is 12.3. The second-order valence-corrected chi connectivity index (χ2v) is 5.08. The Morgan fingerprint density at radius 1 is 1.35 bits per heavy atom. The van der Waals surface area contributed by atoms with E-state index < -0.39 is 0 Å². The average Bonchev–Trinajstić information content (AvgIpc) is 2.73. The summed E-state index contributed by atoms with van der Waals surface area (Å²) in [5, 5.41) is 2.79. The minimum atomic E-state index is -0.340. The smallest absolute Gasteiger partial charge is 0.230 e. The van der Waals surface area contributed by atoms with Gasteiger partial charge in [-0.05, 0) is 12.8 Å². The van der Waals surface area contributed by atoms with Gasteiger partial charge >= 0.3 is 0 Å². The van der Waals surface area contributed by atoms with Crippen LogP contribution in [0.4, 0.5) is 0 Å². The minimum Gasteiger partial charge on any atom is -0.354 e. The highest BCUT2D eigenvalue weighted by molar-refractivity contribution is 5.84. The van der Waals surface area contributed by atoms with Crippen LogP contribution in [0.15, 0.2) is 0 Å². The Hall–Kier alpha value is -1.10. The Kier molecular flexibility index (Phi) is 3.66. The van der Waals surface area contributed by atoms with Crippen molar-refractivity contribution in [1.82, 2.24) is 10.2 Å². The van der Waals surface area contributed by atoms with Crippen LogP contribution in [0.5, 0.6) is 0 Å². The van der Waals surface area contributed by atoms with Gasteiger partial charge in [-0.2, -0.15) is 0 Å². The Balaban J connectivity index is 2.05. The summed E-state index contributed by atoms with van der Waals surface area (Å²) in [5.41, 5.74) is 5.47. The summed E-state index contributed by atoms with van der Waals surface area (Å²) in [6.07, 6.45) is 4.40. The Morgan fingerprint density at radius 3 is 2.71 bits per heavy atom. The molecule has 2 aliphatic rings. The van der Waals surface area contributed by atoms with Crippen molar-refractivity contribution in [2.24, 2.45) is 11.1 Å². The van der Waals surface area contributed by atoms with Gasteiger partial charge < -0.3 is 16.0 Å². The second kappa shape index (κ2) is 5.04. The first-order valence-corrected chi connectivity index (χ1v) is 6.44. The van der Waals surface area contributed by atoms with E-state index in [4.69, 9.17) is 5.73 Å². The molecular weight excluding hydrogens is 218 g/mol. The summed E-state index contributed by atoms with van der Waals surface area (Å²) in [6.45, 7) is 2.15. The lowest BCUT2D eigenvalue weighted by atomic mass is 9.84. The maximum Gasteiger partial charge on any atom is 0.230 e. The molecule has 1 aliphatic heterocycles. The van der Waals surface area contributed by atoms with E-state index in [0.717, 1.165) is 25.7 Å². The number of carbonyl (C=O) groups excluding carboxylic acids is 2. The average molecular weight is 239 g/mol. The van der Waals surface area contributed by atoms with Crippen LogP contribution in [0.2, 0.25) is 0 Å². The van der Waals surface area contributed by atoms with Gasteiger partial charge in [0.1, 0.15) is 0 Å². The van der Waals surface area contributed by atoms with Crippen molar-refractivity contribution in [3.05, 3.63) is 0 Å². The van der Waals surface area contributed by atoms with Crippen molar-refractivity contribution in [3.63, 3.8) is 0 Å². The van der Waals surface area contributed by atoms with Crippen molar-refractivity contribution >= 4 is 11.8 Å². The standard InChI is InChI=1S/C12H21N3O2/c13-9-12(4-1-2-5-12)11(17)15-7-3-10(16)14-6-8-15/h1-9,13H2,(H,14,16). The predicted molar refractivity (Wildman–Crippen MR) is 64.2 cm³/mol. The zero-order valence-electron chi connectivity index (χ0n) is 10.2. The van der Waals surface area contributed by atoms with Gasteiger partial charge in [-0.15, -0.1) is 0 Å². The fourth-order valence-corrected chi connectivity index (χ4v) is 2.86. The third kappa shape index (κ3) is 2.44. The molecule has 2 amide bonds. The van der Waals surface area contributed by atoms with E-state index in [1.165, 1.54) is 0 Å². The lowest BCUT2D eigenvalue weighted by molar-refractivity contribution is -0.141. The molecule has 0 atom stereocenters. The molecule has 0 aromatic rings. The maximum absolute atomic E-state index is 12.5. The molecule has 2 rings (SSSR count). The van der Waals surface area contributed by atoms with Crippen LogP contribution in [-0.2, 0) is 9.59 Å². The van der Waals surface area contributed by atoms with Crippen molar-refractivity contribution in [1.29, 1.82) is 0 Å². The third-order valence-corrected chi connectivity index (χ3v) is 4.00. The van der Waals surface area contributed by atoms with Crippen LogP contribution in [-0.4, -0.2) is 42.9 Å². The van der Waals surface area contributed by atoms with Crippen molar-refractivity contribution < 1.29 is 9.59 Å². The van der Waals surface area contributed by atoms with Gasteiger partial charge in [0.05, 0.1) is 5.41 Å². The van der Waals surface area contributed by atoms with Gasteiger partial charge in [-0.1, -0.05) is 12.8 Å². The van der Waals surface area contributed by atoms with Gasteiger partial charge in [0.25, 0.3) is 0 Å². The van der Waals surface area contributed by atoms with E-state index in [0.29, 0.717) is 32.6 Å². The Labute approximate surface area is 102 Å². The number of nitrogens with two attached hydrogens (primary N) is 1. The van der Waals surface area contributed by atoms with Gasteiger partial charge in [-0.3, -0.25) is 9.59 Å². The van der Waals surface area contributed by atoms with E-state index in [1.54, 1.807) is 0 Å². The van der Waals surface area contributed by atoms with Crippen LogP contribution >= 0.6 is 0 Å². The predicted octanol–water partition coefficient (Wildman–Crippen LogP) is -0.146. The molecule has 0 radical (unpaired) electrons. The molecule has 1 saturated carbocycles. The topological polar surface area (TPSA) is 75.4 Å². The molecule has 1 saturated heterocycles. The normalized spacial score (nSPS) is 24.3. The summed E-state index contributed by atoms with van der Waals surface area (Å²) in [4.78, 5) is 25.6. The molecule has 0 unspecified atom stereocenters. The molecule has 1 heterocycles. The second-order valence-electron chi connectivity index (χ2n) is 5.08. The minimum absolute atomic E-state index is 0.0357. The van der Waals surface area contributed by atoms with Crippen LogP contribution in [0.3, 0.4) is 0 Å². The first kappa shape index (κ1) is 12.4. The van der Waals surface area contributed by atoms with Crippen molar-refractivity contribution in [2.75, 3.05) is 26.2 Å². The number of nitrogens with zero attached hydrogens (tertiary/aromatic N) is 1. The Morgan fingerprint density at radius 2 is 2.06 bits per heavy atom. The van der Waals surface area contributed by atoms with Crippen LogP contribution in [0.1, 0.15) is 32.1 Å². The van der Waals surface area contributed by atoms with Crippen molar-refractivity contribution in [2.45, 2.75) is 32.1 Å². The number of hydrogen-bond donors (Lipinski definition) is 2. The maximum atomic E-state index is 12.5. The van der Waals surface area contributed by atoms with Gasteiger partial charge in [-0.25, -0.2) is 0 Å². The summed E-state index contributed by atoms with van der Waals surface area (Å²) in [7, 11) is 0. The van der Waals surface area contributed by atoms with Crippen LogP contribution in [0, 0.1) is 5.41 Å². The number of carbonyl (C=O) groups is 2. The molecule has 0 bridgehead atoms. The lowest BCUT2D eigenvalue weighted by Crippen LogP contribution is -2.47. The highest BCUT2D eigenvalue weighted by Gasteiger charge is 2.42. The molecule has 1 aliphatic carbocycles. The Bertz CT molecular complexity index is 311. The molecule has 2 fully saturated rings. The van der Waals surface area contributed by atoms with E-state index in [2.05, 4.69) is 5.32 Å². The van der Waals surface area contributed by atoms with E-state index >= 15 is 0 Å². The summed E-state index contributed by atoms with van der Waals surface area (Å²) >= 11 is 0. The van der Waals surface area contributed by atoms with Gasteiger partial charge in [0.2, 0.25) is 11.8 Å². The summed E-state index contributed by atoms with van der Waals surface area (Å²) < 4.78 is 0.